The van der Waals surface area contributed by atoms with Gasteiger partial charge in [0.1, 0.15) is 0 Å². The van der Waals surface area contributed by atoms with Crippen LogP contribution in [0.5, 0.6) is 0 Å². The van der Waals surface area contributed by atoms with Crippen LogP contribution in [0.15, 0.2) is 30.3 Å². The minimum atomic E-state index is -0.0877. The first-order chi connectivity index (χ1) is 12.6. The highest BCUT2D eigenvalue weighted by atomic mass is 32.1. The second-order valence-electron chi connectivity index (χ2n) is 7.03. The molecule has 1 fully saturated rings. The summed E-state index contributed by atoms with van der Waals surface area (Å²) in [5.41, 5.74) is 3.18. The lowest BCUT2D eigenvalue weighted by molar-refractivity contribution is -0.929. The van der Waals surface area contributed by atoms with E-state index in [9.17, 15) is 4.79 Å². The summed E-state index contributed by atoms with van der Waals surface area (Å²) < 4.78 is 9.56. The van der Waals surface area contributed by atoms with Crippen molar-refractivity contribution in [1.29, 1.82) is 0 Å². The number of esters is 1. The molecule has 0 radical (unpaired) electrons. The van der Waals surface area contributed by atoms with Crippen LogP contribution in [0.2, 0.25) is 0 Å². The van der Waals surface area contributed by atoms with Crippen LogP contribution in [0.3, 0.4) is 0 Å². The van der Waals surface area contributed by atoms with Gasteiger partial charge in [0.2, 0.25) is 4.77 Å². The number of carbonyl (C=O) groups excluding carboxylic acids is 1. The van der Waals surface area contributed by atoms with Crippen molar-refractivity contribution in [2.24, 2.45) is 5.92 Å². The third kappa shape index (κ3) is 2.91. The number of fused-ring (bicyclic) bond motifs is 3. The Labute approximate surface area is 157 Å². The van der Waals surface area contributed by atoms with E-state index in [1.807, 2.05) is 16.8 Å². The van der Waals surface area contributed by atoms with Gasteiger partial charge in [-0.1, -0.05) is 18.2 Å². The predicted molar refractivity (Wildman–Crippen MR) is 102 cm³/mol. The van der Waals surface area contributed by atoms with Crippen LogP contribution in [0.1, 0.15) is 18.4 Å². The van der Waals surface area contributed by atoms with Gasteiger partial charge in [-0.2, -0.15) is 4.68 Å². The Bertz CT molecular complexity index is 1030. The molecule has 1 aliphatic heterocycles. The maximum atomic E-state index is 11.7. The number of aromatic nitrogens is 3. The molecule has 136 valence electrons. The molecule has 1 aromatic carbocycles. The van der Waals surface area contributed by atoms with Crippen molar-refractivity contribution in [1.82, 2.24) is 14.2 Å². The molecular formula is C19H23N4O2S+. The summed E-state index contributed by atoms with van der Waals surface area (Å²) >= 11 is 5.73. The zero-order valence-corrected chi connectivity index (χ0v) is 15.9. The Morgan fingerprint density at radius 1 is 1.35 bits per heavy atom. The van der Waals surface area contributed by atoms with E-state index in [1.165, 1.54) is 23.0 Å². The zero-order valence-electron chi connectivity index (χ0n) is 15.1. The molecule has 2 aromatic heterocycles. The van der Waals surface area contributed by atoms with Crippen molar-refractivity contribution in [3.05, 3.63) is 40.7 Å². The third-order valence-electron chi connectivity index (χ3n) is 5.38. The Morgan fingerprint density at radius 3 is 2.81 bits per heavy atom. The molecule has 3 heterocycles. The number of piperidine rings is 1. The minimum absolute atomic E-state index is 0.0318. The van der Waals surface area contributed by atoms with Crippen molar-refractivity contribution in [3.8, 4) is 0 Å². The van der Waals surface area contributed by atoms with Crippen molar-refractivity contribution >= 4 is 34.7 Å². The normalized spacial score (nSPS) is 20.5. The van der Waals surface area contributed by atoms with Crippen LogP contribution in [0.25, 0.3) is 16.6 Å². The largest absolute Gasteiger partial charge is 0.469 e. The quantitative estimate of drug-likeness (QED) is 0.563. The Kier molecular flexibility index (Phi) is 4.50. The average Bonchev–Trinajstić information content (AvgIpc) is 2.97. The molecule has 7 heteroatoms. The van der Waals surface area contributed by atoms with Gasteiger partial charge in [-0.05, 0) is 36.8 Å². The molecule has 0 amide bonds. The Balaban J connectivity index is 1.63. The van der Waals surface area contributed by atoms with Crippen LogP contribution in [-0.4, -0.2) is 40.3 Å². The number of quaternary nitrogens is 1. The molecule has 1 aliphatic rings. The summed E-state index contributed by atoms with van der Waals surface area (Å²) in [5, 5.41) is 5.95. The van der Waals surface area contributed by atoms with Gasteiger partial charge in [0.25, 0.3) is 0 Å². The molecule has 1 N–H and O–H groups in total. The highest BCUT2D eigenvalue weighted by Crippen LogP contribution is 2.21. The number of ether oxygens (including phenoxy) is 1. The Hall–Kier alpha value is -2.25. The maximum absolute atomic E-state index is 11.7. The van der Waals surface area contributed by atoms with Crippen molar-refractivity contribution < 1.29 is 14.4 Å². The van der Waals surface area contributed by atoms with E-state index in [2.05, 4.69) is 29.5 Å². The smallest absolute Gasteiger partial charge is 0.309 e. The number of pyridine rings is 1. The van der Waals surface area contributed by atoms with Gasteiger partial charge in [-0.25, -0.2) is 0 Å². The first-order valence-electron chi connectivity index (χ1n) is 8.98. The number of para-hydroxylation sites is 1. The fourth-order valence-corrected chi connectivity index (χ4v) is 4.22. The Morgan fingerprint density at radius 2 is 2.08 bits per heavy atom. The molecule has 26 heavy (non-hydrogen) atoms. The van der Waals surface area contributed by atoms with E-state index in [0.29, 0.717) is 0 Å². The molecule has 0 unspecified atom stereocenters. The number of benzene rings is 1. The summed E-state index contributed by atoms with van der Waals surface area (Å²) in [5.74, 6) is -0.0558. The zero-order chi connectivity index (χ0) is 18.3. The van der Waals surface area contributed by atoms with Crippen LogP contribution < -0.4 is 4.90 Å². The first kappa shape index (κ1) is 17.2. The van der Waals surface area contributed by atoms with Gasteiger partial charge in [0.15, 0.2) is 12.3 Å². The molecular weight excluding hydrogens is 348 g/mol. The van der Waals surface area contributed by atoms with E-state index in [0.717, 1.165) is 48.5 Å². The standard InChI is InChI=1S/C19H22N4O2S/c1-13-11-17-20-22(12-21-9-7-14(8-10-21)18(24)25-2)19(26)23(17)16-6-4-3-5-15(13)16/h3-6,11,14H,7-10,12H2,1-2H3/p+1. The molecule has 0 aliphatic carbocycles. The number of likely N-dealkylation sites (tertiary alicyclic amines) is 1. The van der Waals surface area contributed by atoms with Gasteiger partial charge in [0, 0.05) is 18.2 Å². The van der Waals surface area contributed by atoms with Crippen LogP contribution in [0, 0.1) is 17.6 Å². The lowest BCUT2D eigenvalue weighted by Gasteiger charge is -2.27. The summed E-state index contributed by atoms with van der Waals surface area (Å²) in [6.45, 7) is 4.68. The number of hydrogen-bond donors (Lipinski definition) is 1. The number of carbonyl (C=O) groups is 1. The van der Waals surface area contributed by atoms with Crippen molar-refractivity contribution in [2.75, 3.05) is 20.2 Å². The number of methoxy groups -OCH3 is 1. The van der Waals surface area contributed by atoms with Crippen LogP contribution >= 0.6 is 12.2 Å². The second kappa shape index (κ2) is 6.81. The van der Waals surface area contributed by atoms with E-state index in [-0.39, 0.29) is 11.9 Å². The second-order valence-corrected chi connectivity index (χ2v) is 7.39. The molecule has 6 nitrogen and oxygen atoms in total. The number of nitrogens with one attached hydrogen (secondary N) is 1. The first-order valence-corrected chi connectivity index (χ1v) is 9.38. The molecule has 0 saturated carbocycles. The fraction of sp³-hybridized carbons (Fsp3) is 0.421. The molecule has 0 spiro atoms. The average molecular weight is 371 g/mol. The van der Waals surface area contributed by atoms with Gasteiger partial charge in [-0.3, -0.25) is 9.20 Å². The highest BCUT2D eigenvalue weighted by molar-refractivity contribution is 7.71. The van der Waals surface area contributed by atoms with Gasteiger partial charge in [-0.15, -0.1) is 5.10 Å². The summed E-state index contributed by atoms with van der Waals surface area (Å²) in [6.07, 6.45) is 1.70. The number of aryl methyl sites for hydroxylation is 1. The minimum Gasteiger partial charge on any atom is -0.469 e. The molecule has 0 bridgehead atoms. The lowest BCUT2D eigenvalue weighted by Crippen LogP contribution is -3.12. The summed E-state index contributed by atoms with van der Waals surface area (Å²) in [6, 6.07) is 10.4. The topological polar surface area (TPSA) is 53.0 Å². The predicted octanol–water partition coefficient (Wildman–Crippen LogP) is 1.75. The van der Waals surface area contributed by atoms with Gasteiger partial charge < -0.3 is 9.64 Å². The maximum Gasteiger partial charge on any atom is 0.309 e. The van der Waals surface area contributed by atoms with Gasteiger partial charge in [0.05, 0.1) is 31.6 Å². The third-order valence-corrected chi connectivity index (χ3v) is 5.77. The van der Waals surface area contributed by atoms with Crippen molar-refractivity contribution in [2.45, 2.75) is 26.4 Å². The van der Waals surface area contributed by atoms with Crippen LogP contribution in [-0.2, 0) is 16.2 Å². The summed E-state index contributed by atoms with van der Waals surface area (Å²) in [7, 11) is 1.46. The van der Waals surface area contributed by atoms with Crippen molar-refractivity contribution in [3.63, 3.8) is 0 Å². The molecule has 1 saturated heterocycles. The molecule has 3 aromatic rings. The van der Waals surface area contributed by atoms with E-state index >= 15 is 0 Å². The molecule has 4 rings (SSSR count). The number of hydrogen-bond acceptors (Lipinski definition) is 4. The van der Waals surface area contributed by atoms with E-state index < -0.39 is 0 Å². The lowest BCUT2D eigenvalue weighted by atomic mass is 9.97. The highest BCUT2D eigenvalue weighted by Gasteiger charge is 2.28. The van der Waals surface area contributed by atoms with Crippen LogP contribution in [0.4, 0.5) is 0 Å². The SMILES string of the molecule is COC(=O)C1CC[NH+](Cn2nc3cc(C)c4ccccc4n3c2=S)CC1. The fourth-order valence-electron chi connectivity index (χ4n) is 3.92. The number of nitrogens with zero attached hydrogens (tertiary/aromatic N) is 3. The monoisotopic (exact) mass is 371 g/mol. The van der Waals surface area contributed by atoms with E-state index in [1.54, 1.807) is 0 Å². The van der Waals surface area contributed by atoms with E-state index in [4.69, 9.17) is 22.1 Å². The molecule has 0 atom stereocenters. The van der Waals surface area contributed by atoms with Gasteiger partial charge >= 0.3 is 5.97 Å². The summed E-state index contributed by atoms with van der Waals surface area (Å²) in [4.78, 5) is 13.1. The number of rotatable bonds is 3.